The van der Waals surface area contributed by atoms with Gasteiger partial charge in [-0.3, -0.25) is 0 Å². The molecular formula is C15H13FO3S. The number of carbonyl (C=O) groups is 1. The van der Waals surface area contributed by atoms with Gasteiger partial charge in [-0.1, -0.05) is 6.07 Å². The maximum Gasteiger partial charge on any atom is 0.339 e. The molecule has 2 rings (SSSR count). The minimum atomic E-state index is -1.01. The molecule has 0 bridgehead atoms. The molecule has 104 valence electrons. The predicted octanol–water partition coefficient (Wildman–Crippen LogP) is 3.82. The molecule has 2 aromatic rings. The monoisotopic (exact) mass is 292 g/mol. The SMILES string of the molecule is COc1cc(CSc2ccc(F)cc2)ccc1C(=O)O. The van der Waals surface area contributed by atoms with Crippen molar-refractivity contribution in [2.24, 2.45) is 0 Å². The number of methoxy groups -OCH3 is 1. The van der Waals surface area contributed by atoms with E-state index in [4.69, 9.17) is 9.84 Å². The van der Waals surface area contributed by atoms with E-state index in [-0.39, 0.29) is 11.4 Å². The minimum Gasteiger partial charge on any atom is -0.496 e. The summed E-state index contributed by atoms with van der Waals surface area (Å²) in [5.74, 6) is -0.279. The topological polar surface area (TPSA) is 46.5 Å². The lowest BCUT2D eigenvalue weighted by atomic mass is 10.1. The second-order valence-electron chi connectivity index (χ2n) is 4.08. The third kappa shape index (κ3) is 3.51. The summed E-state index contributed by atoms with van der Waals surface area (Å²) < 4.78 is 17.9. The third-order valence-corrected chi connectivity index (χ3v) is 3.80. The Hall–Kier alpha value is -2.01. The second kappa shape index (κ2) is 6.43. The lowest BCUT2D eigenvalue weighted by Gasteiger charge is -2.08. The Bertz CT molecular complexity index is 611. The van der Waals surface area contributed by atoms with Gasteiger partial charge >= 0.3 is 5.97 Å². The van der Waals surface area contributed by atoms with Crippen molar-refractivity contribution in [2.45, 2.75) is 10.6 Å². The van der Waals surface area contributed by atoms with E-state index < -0.39 is 5.97 Å². The average molecular weight is 292 g/mol. The van der Waals surface area contributed by atoms with Gasteiger partial charge in [-0.2, -0.15) is 0 Å². The number of halogens is 1. The summed E-state index contributed by atoms with van der Waals surface area (Å²) in [5, 5.41) is 9.00. The molecule has 1 N–H and O–H groups in total. The van der Waals surface area contributed by atoms with Crippen molar-refractivity contribution in [3.05, 3.63) is 59.4 Å². The van der Waals surface area contributed by atoms with Gasteiger partial charge in [0.15, 0.2) is 0 Å². The maximum absolute atomic E-state index is 12.8. The number of rotatable bonds is 5. The summed E-state index contributed by atoms with van der Waals surface area (Å²) in [6, 6.07) is 11.2. The van der Waals surface area contributed by atoms with Gasteiger partial charge in [-0.05, 0) is 42.0 Å². The first-order valence-corrected chi connectivity index (χ1v) is 6.87. The van der Waals surface area contributed by atoms with Gasteiger partial charge in [0, 0.05) is 10.6 Å². The van der Waals surface area contributed by atoms with Crippen molar-refractivity contribution < 1.29 is 19.0 Å². The summed E-state index contributed by atoms with van der Waals surface area (Å²) in [6.07, 6.45) is 0. The van der Waals surface area contributed by atoms with Crippen LogP contribution in [0.1, 0.15) is 15.9 Å². The highest BCUT2D eigenvalue weighted by Crippen LogP contribution is 2.26. The lowest BCUT2D eigenvalue weighted by Crippen LogP contribution is -2.00. The van der Waals surface area contributed by atoms with Gasteiger partial charge in [0.25, 0.3) is 0 Å². The second-order valence-corrected chi connectivity index (χ2v) is 5.13. The Balaban J connectivity index is 2.10. The van der Waals surface area contributed by atoms with E-state index in [1.54, 1.807) is 36.0 Å². The molecule has 0 radical (unpaired) electrons. The van der Waals surface area contributed by atoms with E-state index in [1.165, 1.54) is 25.3 Å². The number of thioether (sulfide) groups is 1. The first kappa shape index (κ1) is 14.4. The standard InChI is InChI=1S/C15H13FO3S/c1-19-14-8-10(2-7-13(14)15(17)18)9-20-12-5-3-11(16)4-6-12/h2-8H,9H2,1H3,(H,17,18). The third-order valence-electron chi connectivity index (χ3n) is 2.72. The Morgan fingerprint density at radius 1 is 1.25 bits per heavy atom. The number of hydrogen-bond donors (Lipinski definition) is 1. The highest BCUT2D eigenvalue weighted by molar-refractivity contribution is 7.98. The number of carboxylic acid groups (broad SMARTS) is 1. The molecule has 0 unspecified atom stereocenters. The minimum absolute atomic E-state index is 0.142. The fourth-order valence-electron chi connectivity index (χ4n) is 1.70. The van der Waals surface area contributed by atoms with Crippen LogP contribution in [0, 0.1) is 5.82 Å². The molecule has 0 heterocycles. The smallest absolute Gasteiger partial charge is 0.339 e. The van der Waals surface area contributed by atoms with Crippen LogP contribution in [-0.2, 0) is 5.75 Å². The molecule has 0 saturated carbocycles. The normalized spacial score (nSPS) is 10.3. The van der Waals surface area contributed by atoms with Crippen molar-refractivity contribution in [1.82, 2.24) is 0 Å². The molecule has 5 heteroatoms. The first-order chi connectivity index (χ1) is 9.60. The number of hydrogen-bond acceptors (Lipinski definition) is 3. The summed E-state index contributed by atoms with van der Waals surface area (Å²) in [6.45, 7) is 0. The van der Waals surface area contributed by atoms with Crippen LogP contribution >= 0.6 is 11.8 Å². The maximum atomic E-state index is 12.8. The molecule has 0 aromatic heterocycles. The zero-order valence-electron chi connectivity index (χ0n) is 10.8. The Morgan fingerprint density at radius 2 is 1.95 bits per heavy atom. The number of ether oxygens (including phenoxy) is 1. The molecule has 0 fully saturated rings. The zero-order valence-corrected chi connectivity index (χ0v) is 11.6. The van der Waals surface area contributed by atoms with Crippen LogP contribution in [0.4, 0.5) is 4.39 Å². The summed E-state index contributed by atoms with van der Waals surface area (Å²) in [4.78, 5) is 11.9. The Morgan fingerprint density at radius 3 is 2.55 bits per heavy atom. The fourth-order valence-corrected chi connectivity index (χ4v) is 2.54. The van der Waals surface area contributed by atoms with Crippen LogP contribution in [-0.4, -0.2) is 18.2 Å². The van der Waals surface area contributed by atoms with Crippen molar-refractivity contribution in [3.8, 4) is 5.75 Å². The van der Waals surface area contributed by atoms with Crippen molar-refractivity contribution in [2.75, 3.05) is 7.11 Å². The highest BCUT2D eigenvalue weighted by atomic mass is 32.2. The average Bonchev–Trinajstić information content (AvgIpc) is 2.46. The quantitative estimate of drug-likeness (QED) is 0.851. The van der Waals surface area contributed by atoms with E-state index in [1.807, 2.05) is 0 Å². The number of carboxylic acids is 1. The molecule has 0 aliphatic carbocycles. The molecule has 0 amide bonds. The molecule has 0 atom stereocenters. The summed E-state index contributed by atoms with van der Waals surface area (Å²) >= 11 is 1.55. The van der Waals surface area contributed by atoms with Crippen LogP contribution in [0.3, 0.4) is 0 Å². The van der Waals surface area contributed by atoms with Crippen molar-refractivity contribution in [1.29, 1.82) is 0 Å². The summed E-state index contributed by atoms with van der Waals surface area (Å²) in [5.41, 5.74) is 1.09. The molecule has 20 heavy (non-hydrogen) atoms. The van der Waals surface area contributed by atoms with Gasteiger partial charge in [0.2, 0.25) is 0 Å². The van der Waals surface area contributed by atoms with E-state index in [0.29, 0.717) is 11.5 Å². The number of aromatic carboxylic acids is 1. The van der Waals surface area contributed by atoms with Crippen molar-refractivity contribution in [3.63, 3.8) is 0 Å². The molecule has 0 spiro atoms. The van der Waals surface area contributed by atoms with Gasteiger partial charge < -0.3 is 9.84 Å². The predicted molar refractivity (Wildman–Crippen MR) is 75.9 cm³/mol. The molecule has 2 aromatic carbocycles. The van der Waals surface area contributed by atoms with E-state index in [2.05, 4.69) is 0 Å². The van der Waals surface area contributed by atoms with Crippen LogP contribution in [0.5, 0.6) is 5.75 Å². The number of benzene rings is 2. The van der Waals surface area contributed by atoms with Crippen LogP contribution in [0.25, 0.3) is 0 Å². The van der Waals surface area contributed by atoms with E-state index in [0.717, 1.165) is 10.5 Å². The fraction of sp³-hybridized carbons (Fsp3) is 0.133. The molecule has 0 aliphatic heterocycles. The zero-order chi connectivity index (χ0) is 14.5. The Labute approximate surface area is 120 Å². The summed E-state index contributed by atoms with van der Waals surface area (Å²) in [7, 11) is 1.44. The van der Waals surface area contributed by atoms with Crippen LogP contribution in [0.2, 0.25) is 0 Å². The molecule has 0 saturated heterocycles. The Kier molecular flexibility index (Phi) is 4.63. The lowest BCUT2D eigenvalue weighted by molar-refractivity contribution is 0.0693. The van der Waals surface area contributed by atoms with Gasteiger partial charge in [0.05, 0.1) is 7.11 Å². The van der Waals surface area contributed by atoms with Crippen LogP contribution < -0.4 is 4.74 Å². The van der Waals surface area contributed by atoms with Gasteiger partial charge in [0.1, 0.15) is 17.1 Å². The highest BCUT2D eigenvalue weighted by Gasteiger charge is 2.11. The van der Waals surface area contributed by atoms with Gasteiger partial charge in [-0.25, -0.2) is 9.18 Å². The van der Waals surface area contributed by atoms with Gasteiger partial charge in [-0.15, -0.1) is 11.8 Å². The molecular weight excluding hydrogens is 279 g/mol. The van der Waals surface area contributed by atoms with Crippen molar-refractivity contribution >= 4 is 17.7 Å². The first-order valence-electron chi connectivity index (χ1n) is 5.88. The largest absolute Gasteiger partial charge is 0.496 e. The van der Waals surface area contributed by atoms with Crippen LogP contribution in [0.15, 0.2) is 47.4 Å². The molecule has 0 aliphatic rings. The van der Waals surface area contributed by atoms with E-state index in [9.17, 15) is 9.18 Å². The molecule has 3 nitrogen and oxygen atoms in total. The van der Waals surface area contributed by atoms with E-state index >= 15 is 0 Å².